The van der Waals surface area contributed by atoms with Crippen molar-refractivity contribution in [3.05, 3.63) is 9.72 Å². The summed E-state index contributed by atoms with van der Waals surface area (Å²) in [6.45, 7) is 1.10. The van der Waals surface area contributed by atoms with Gasteiger partial charge in [-0.1, -0.05) is 11.6 Å². The molecule has 0 bridgehead atoms. The first-order valence-corrected chi connectivity index (χ1v) is 7.08. The van der Waals surface area contributed by atoms with E-state index in [0.717, 1.165) is 21.5 Å². The van der Waals surface area contributed by atoms with Crippen LogP contribution in [0.2, 0.25) is 4.34 Å². The number of thiophene rings is 1. The van der Waals surface area contributed by atoms with Gasteiger partial charge in [-0.25, -0.2) is 4.98 Å². The molecule has 90 valence electrons. The molecule has 0 fully saturated rings. The number of hydrogen-bond donors (Lipinski definition) is 1. The van der Waals surface area contributed by atoms with E-state index in [1.54, 1.807) is 11.3 Å². The minimum Gasteiger partial charge on any atom is -0.484 e. The van der Waals surface area contributed by atoms with Gasteiger partial charge in [-0.05, 0) is 0 Å². The number of hydrogen-bond acceptors (Lipinski definition) is 6. The number of thiazole rings is 1. The summed E-state index contributed by atoms with van der Waals surface area (Å²) in [4.78, 5) is 5.38. The van der Waals surface area contributed by atoms with Crippen LogP contribution in [0.4, 0.5) is 5.13 Å². The van der Waals surface area contributed by atoms with Crippen molar-refractivity contribution in [3.63, 3.8) is 0 Å². The molecule has 3 rings (SSSR count). The fraction of sp³-hybridized carbons (Fsp3) is 0.300. The lowest BCUT2D eigenvalue weighted by atomic mass is 10.3. The zero-order valence-electron chi connectivity index (χ0n) is 8.95. The van der Waals surface area contributed by atoms with Crippen molar-refractivity contribution >= 4 is 39.4 Å². The molecule has 0 aromatic carbocycles. The molecule has 17 heavy (non-hydrogen) atoms. The van der Waals surface area contributed by atoms with Crippen LogP contribution >= 0.6 is 34.3 Å². The summed E-state index contributed by atoms with van der Waals surface area (Å²) in [7, 11) is 1.85. The van der Waals surface area contributed by atoms with Gasteiger partial charge < -0.3 is 14.8 Å². The largest absolute Gasteiger partial charge is 0.484 e. The second-order valence-electron chi connectivity index (χ2n) is 3.35. The number of nitrogens with one attached hydrogen (secondary N) is 1. The van der Waals surface area contributed by atoms with E-state index >= 15 is 0 Å². The first kappa shape index (κ1) is 11.1. The number of nitrogens with zero attached hydrogens (tertiary/aromatic N) is 1. The van der Waals surface area contributed by atoms with Crippen molar-refractivity contribution in [1.29, 1.82) is 0 Å². The molecule has 2 aromatic rings. The molecule has 0 amide bonds. The molecule has 4 nitrogen and oxygen atoms in total. The highest BCUT2D eigenvalue weighted by Crippen LogP contribution is 2.51. The van der Waals surface area contributed by atoms with Crippen LogP contribution < -0.4 is 14.8 Å². The van der Waals surface area contributed by atoms with Crippen molar-refractivity contribution in [2.45, 2.75) is 0 Å². The summed E-state index contributed by atoms with van der Waals surface area (Å²) < 4.78 is 11.7. The van der Waals surface area contributed by atoms with Gasteiger partial charge in [-0.15, -0.1) is 22.7 Å². The van der Waals surface area contributed by atoms with E-state index in [1.807, 2.05) is 12.4 Å². The Morgan fingerprint density at radius 2 is 2.12 bits per heavy atom. The highest BCUT2D eigenvalue weighted by atomic mass is 35.5. The van der Waals surface area contributed by atoms with Gasteiger partial charge in [0.2, 0.25) is 0 Å². The van der Waals surface area contributed by atoms with Crippen LogP contribution in [0, 0.1) is 0 Å². The number of rotatable bonds is 2. The van der Waals surface area contributed by atoms with Crippen molar-refractivity contribution in [1.82, 2.24) is 4.98 Å². The van der Waals surface area contributed by atoms with Gasteiger partial charge in [-0.2, -0.15) is 0 Å². The molecule has 0 saturated carbocycles. The molecular formula is C10H9ClN2O2S2. The van der Waals surface area contributed by atoms with Crippen molar-refractivity contribution in [2.24, 2.45) is 0 Å². The second-order valence-corrected chi connectivity index (χ2v) is 5.83. The van der Waals surface area contributed by atoms with E-state index < -0.39 is 0 Å². The Hall–Kier alpha value is -0.980. The van der Waals surface area contributed by atoms with Crippen molar-refractivity contribution in [2.75, 3.05) is 25.6 Å². The maximum absolute atomic E-state index is 6.13. The van der Waals surface area contributed by atoms with Crippen LogP contribution in [0.3, 0.4) is 0 Å². The standard InChI is InChI=1S/C10H9ClN2O2S2/c1-12-10-13-5(4-16-10)8-6-7(9(11)17-8)15-3-2-14-6/h4H,2-3H2,1H3,(H,12,13). The maximum atomic E-state index is 6.13. The van der Waals surface area contributed by atoms with E-state index in [-0.39, 0.29) is 0 Å². The summed E-state index contributed by atoms with van der Waals surface area (Å²) >= 11 is 9.12. The summed E-state index contributed by atoms with van der Waals surface area (Å²) in [5.41, 5.74) is 0.873. The Bertz CT molecular complexity index is 552. The van der Waals surface area contributed by atoms with Crippen LogP contribution in [-0.4, -0.2) is 25.2 Å². The van der Waals surface area contributed by atoms with Gasteiger partial charge in [0.05, 0.1) is 5.69 Å². The average Bonchev–Trinajstić information content (AvgIpc) is 2.95. The highest BCUT2D eigenvalue weighted by Gasteiger charge is 2.25. The third kappa shape index (κ3) is 1.86. The Morgan fingerprint density at radius 1 is 1.35 bits per heavy atom. The number of anilines is 1. The smallest absolute Gasteiger partial charge is 0.191 e. The molecule has 2 aromatic heterocycles. The van der Waals surface area contributed by atoms with E-state index in [1.165, 1.54) is 11.3 Å². The SMILES string of the molecule is CNc1nc(-c2sc(Cl)c3c2OCCO3)cs1. The van der Waals surface area contributed by atoms with Crippen LogP contribution in [-0.2, 0) is 0 Å². The van der Waals surface area contributed by atoms with Crippen LogP contribution in [0.1, 0.15) is 0 Å². The minimum absolute atomic E-state index is 0.543. The predicted molar refractivity (Wildman–Crippen MR) is 71.0 cm³/mol. The Labute approximate surface area is 111 Å². The molecule has 3 heterocycles. The molecule has 0 atom stereocenters. The summed E-state index contributed by atoms with van der Waals surface area (Å²) in [6.07, 6.45) is 0. The normalized spacial score (nSPS) is 13.8. The molecule has 0 saturated heterocycles. The van der Waals surface area contributed by atoms with Crippen molar-refractivity contribution < 1.29 is 9.47 Å². The van der Waals surface area contributed by atoms with Crippen LogP contribution in [0.15, 0.2) is 5.38 Å². The number of aromatic nitrogens is 1. The first-order chi connectivity index (χ1) is 8.29. The number of fused-ring (bicyclic) bond motifs is 1. The van der Waals surface area contributed by atoms with Crippen LogP contribution in [0.25, 0.3) is 10.6 Å². The topological polar surface area (TPSA) is 43.4 Å². The zero-order chi connectivity index (χ0) is 11.8. The maximum Gasteiger partial charge on any atom is 0.191 e. The summed E-state index contributed by atoms with van der Waals surface area (Å²) in [5.74, 6) is 1.37. The lowest BCUT2D eigenvalue weighted by Crippen LogP contribution is -2.14. The first-order valence-electron chi connectivity index (χ1n) is 5.01. The van der Waals surface area contributed by atoms with Gasteiger partial charge in [0, 0.05) is 12.4 Å². The van der Waals surface area contributed by atoms with E-state index in [9.17, 15) is 0 Å². The van der Waals surface area contributed by atoms with Crippen molar-refractivity contribution in [3.8, 4) is 22.1 Å². The minimum atomic E-state index is 0.543. The third-order valence-electron chi connectivity index (χ3n) is 2.31. The molecule has 1 aliphatic rings. The summed E-state index contributed by atoms with van der Waals surface area (Å²) in [6, 6.07) is 0. The Morgan fingerprint density at radius 3 is 2.82 bits per heavy atom. The molecule has 0 radical (unpaired) electrons. The molecule has 1 N–H and O–H groups in total. The van der Waals surface area contributed by atoms with Gasteiger partial charge in [-0.3, -0.25) is 0 Å². The zero-order valence-corrected chi connectivity index (χ0v) is 11.3. The number of halogens is 1. The van der Waals surface area contributed by atoms with Gasteiger partial charge in [0.1, 0.15) is 22.4 Å². The molecule has 0 unspecified atom stereocenters. The van der Waals surface area contributed by atoms with Gasteiger partial charge in [0.25, 0.3) is 0 Å². The summed E-state index contributed by atoms with van der Waals surface area (Å²) in [5, 5.41) is 5.86. The lowest BCUT2D eigenvalue weighted by molar-refractivity contribution is 0.174. The number of ether oxygens (including phenoxy) is 2. The molecule has 1 aliphatic heterocycles. The molecular weight excluding hydrogens is 280 g/mol. The monoisotopic (exact) mass is 288 g/mol. The van der Waals surface area contributed by atoms with E-state index in [4.69, 9.17) is 21.1 Å². The average molecular weight is 289 g/mol. The molecule has 0 aliphatic carbocycles. The van der Waals surface area contributed by atoms with E-state index in [0.29, 0.717) is 23.3 Å². The van der Waals surface area contributed by atoms with Gasteiger partial charge in [0.15, 0.2) is 16.6 Å². The molecule has 0 spiro atoms. The Balaban J connectivity index is 2.08. The van der Waals surface area contributed by atoms with E-state index in [2.05, 4.69) is 10.3 Å². The third-order valence-corrected chi connectivity index (χ3v) is 4.54. The van der Waals surface area contributed by atoms with Gasteiger partial charge >= 0.3 is 0 Å². The second kappa shape index (κ2) is 4.36. The lowest BCUT2D eigenvalue weighted by Gasteiger charge is -2.15. The van der Waals surface area contributed by atoms with Crippen LogP contribution in [0.5, 0.6) is 11.5 Å². The molecule has 7 heteroatoms. The fourth-order valence-corrected chi connectivity index (χ4v) is 3.56. The fourth-order valence-electron chi connectivity index (χ4n) is 1.58. The quantitative estimate of drug-likeness (QED) is 0.920. The predicted octanol–water partition coefficient (Wildman–Crippen LogP) is 3.34. The Kier molecular flexibility index (Phi) is 2.85. The highest BCUT2D eigenvalue weighted by molar-refractivity contribution is 7.20.